The lowest BCUT2D eigenvalue weighted by molar-refractivity contribution is 0.527. The van der Waals surface area contributed by atoms with E-state index in [2.05, 4.69) is 48.8 Å². The number of thiophene rings is 2. The van der Waals surface area contributed by atoms with Gasteiger partial charge in [-0.05, 0) is 49.4 Å². The minimum absolute atomic E-state index is 0.567. The zero-order chi connectivity index (χ0) is 12.8. The Balaban J connectivity index is 1.97. The molecule has 0 bridgehead atoms. The molecule has 0 aliphatic rings. The zero-order valence-electron chi connectivity index (χ0n) is 11.1. The first-order valence-electron chi connectivity index (χ1n) is 6.65. The molecule has 0 aliphatic carbocycles. The highest BCUT2D eigenvalue weighted by Gasteiger charge is 2.11. The molecule has 1 unspecified atom stereocenters. The Morgan fingerprint density at radius 1 is 1.06 bits per heavy atom. The van der Waals surface area contributed by atoms with Crippen molar-refractivity contribution in [1.82, 2.24) is 5.32 Å². The van der Waals surface area contributed by atoms with Crippen LogP contribution in [0, 0.1) is 0 Å². The molecule has 2 aromatic rings. The summed E-state index contributed by atoms with van der Waals surface area (Å²) < 4.78 is 0. The Hall–Kier alpha value is -0.640. The topological polar surface area (TPSA) is 12.0 Å². The molecule has 0 aromatic carbocycles. The molecule has 1 N–H and O–H groups in total. The van der Waals surface area contributed by atoms with Crippen LogP contribution in [-0.2, 0) is 19.3 Å². The molecule has 3 heteroatoms. The first-order chi connectivity index (χ1) is 8.81. The SMILES string of the molecule is CCNC(Cc1cccs1)Cc1ccc(CC)s1. The maximum atomic E-state index is 3.61. The fraction of sp³-hybridized carbons (Fsp3) is 0.467. The van der Waals surface area contributed by atoms with E-state index in [0.29, 0.717) is 6.04 Å². The van der Waals surface area contributed by atoms with E-state index in [1.807, 2.05) is 22.7 Å². The van der Waals surface area contributed by atoms with Gasteiger partial charge in [-0.3, -0.25) is 0 Å². The number of nitrogens with one attached hydrogen (secondary N) is 1. The van der Waals surface area contributed by atoms with Gasteiger partial charge in [-0.2, -0.15) is 0 Å². The van der Waals surface area contributed by atoms with Gasteiger partial charge in [-0.1, -0.05) is 19.9 Å². The van der Waals surface area contributed by atoms with Gasteiger partial charge in [-0.25, -0.2) is 0 Å². The van der Waals surface area contributed by atoms with Crippen LogP contribution in [-0.4, -0.2) is 12.6 Å². The average molecular weight is 279 g/mol. The number of likely N-dealkylation sites (N-methyl/N-ethyl adjacent to an activating group) is 1. The van der Waals surface area contributed by atoms with Crippen molar-refractivity contribution in [2.45, 2.75) is 39.2 Å². The number of hydrogen-bond donors (Lipinski definition) is 1. The summed E-state index contributed by atoms with van der Waals surface area (Å²) in [5.74, 6) is 0. The van der Waals surface area contributed by atoms with E-state index in [-0.39, 0.29) is 0 Å². The predicted octanol–water partition coefficient (Wildman–Crippen LogP) is 4.14. The first kappa shape index (κ1) is 13.8. The second-order valence-corrected chi connectivity index (χ2v) is 6.75. The molecule has 18 heavy (non-hydrogen) atoms. The van der Waals surface area contributed by atoms with Crippen LogP contribution in [0.5, 0.6) is 0 Å². The van der Waals surface area contributed by atoms with Crippen LogP contribution in [0.15, 0.2) is 29.6 Å². The summed E-state index contributed by atoms with van der Waals surface area (Å²) >= 11 is 3.82. The standard InChI is InChI=1S/C15H21NS2/c1-3-13-7-8-15(18-13)11-12(16-4-2)10-14-6-5-9-17-14/h5-9,12,16H,3-4,10-11H2,1-2H3. The molecule has 0 aliphatic heterocycles. The molecule has 0 amide bonds. The third kappa shape index (κ3) is 3.94. The predicted molar refractivity (Wildman–Crippen MR) is 82.9 cm³/mol. The molecule has 2 rings (SSSR count). The highest BCUT2D eigenvalue weighted by molar-refractivity contribution is 7.12. The van der Waals surface area contributed by atoms with Crippen molar-refractivity contribution in [3.8, 4) is 0 Å². The van der Waals surface area contributed by atoms with Gasteiger partial charge < -0.3 is 5.32 Å². The van der Waals surface area contributed by atoms with Crippen molar-refractivity contribution in [2.75, 3.05) is 6.54 Å². The summed E-state index contributed by atoms with van der Waals surface area (Å²) in [6.45, 7) is 5.46. The van der Waals surface area contributed by atoms with E-state index in [0.717, 1.165) is 25.8 Å². The average Bonchev–Trinajstić information content (AvgIpc) is 3.00. The summed E-state index contributed by atoms with van der Waals surface area (Å²) in [6.07, 6.45) is 3.45. The quantitative estimate of drug-likeness (QED) is 0.803. The van der Waals surface area contributed by atoms with Crippen LogP contribution >= 0.6 is 22.7 Å². The lowest BCUT2D eigenvalue weighted by Crippen LogP contribution is -2.32. The molecule has 1 nitrogen and oxygen atoms in total. The van der Waals surface area contributed by atoms with E-state index < -0.39 is 0 Å². The van der Waals surface area contributed by atoms with Crippen molar-refractivity contribution in [1.29, 1.82) is 0 Å². The van der Waals surface area contributed by atoms with E-state index >= 15 is 0 Å². The van der Waals surface area contributed by atoms with Gasteiger partial charge in [0.25, 0.3) is 0 Å². The molecule has 2 heterocycles. The lowest BCUT2D eigenvalue weighted by Gasteiger charge is -2.16. The molecular weight excluding hydrogens is 258 g/mol. The highest BCUT2D eigenvalue weighted by Crippen LogP contribution is 2.20. The van der Waals surface area contributed by atoms with E-state index in [1.165, 1.54) is 14.6 Å². The fourth-order valence-electron chi connectivity index (χ4n) is 2.14. The maximum absolute atomic E-state index is 3.61. The third-order valence-electron chi connectivity index (χ3n) is 3.03. The minimum Gasteiger partial charge on any atom is -0.314 e. The molecule has 98 valence electrons. The molecule has 0 spiro atoms. The third-order valence-corrected chi connectivity index (χ3v) is 5.18. The number of aryl methyl sites for hydroxylation is 1. The van der Waals surface area contributed by atoms with Gasteiger partial charge in [0.15, 0.2) is 0 Å². The molecule has 1 atom stereocenters. The van der Waals surface area contributed by atoms with E-state index in [4.69, 9.17) is 0 Å². The molecule has 2 aromatic heterocycles. The molecule has 0 saturated carbocycles. The Kier molecular flexibility index (Phi) is 5.42. The van der Waals surface area contributed by atoms with Gasteiger partial charge in [0.2, 0.25) is 0 Å². The summed E-state index contributed by atoms with van der Waals surface area (Å²) in [5.41, 5.74) is 0. The highest BCUT2D eigenvalue weighted by atomic mass is 32.1. The van der Waals surface area contributed by atoms with Crippen molar-refractivity contribution < 1.29 is 0 Å². The van der Waals surface area contributed by atoms with Crippen LogP contribution in [0.3, 0.4) is 0 Å². The van der Waals surface area contributed by atoms with Crippen LogP contribution in [0.2, 0.25) is 0 Å². The van der Waals surface area contributed by atoms with Crippen molar-refractivity contribution in [3.63, 3.8) is 0 Å². The maximum Gasteiger partial charge on any atom is 0.0163 e. The Bertz CT molecular complexity index is 445. The van der Waals surface area contributed by atoms with Gasteiger partial charge in [0.05, 0.1) is 0 Å². The smallest absolute Gasteiger partial charge is 0.0163 e. The Morgan fingerprint density at radius 2 is 1.83 bits per heavy atom. The minimum atomic E-state index is 0.567. The van der Waals surface area contributed by atoms with Crippen LogP contribution in [0.1, 0.15) is 28.5 Å². The van der Waals surface area contributed by atoms with Gasteiger partial charge in [0, 0.05) is 20.7 Å². The second kappa shape index (κ2) is 7.07. The second-order valence-electron chi connectivity index (χ2n) is 4.46. The van der Waals surface area contributed by atoms with Crippen LogP contribution in [0.25, 0.3) is 0 Å². The van der Waals surface area contributed by atoms with Crippen molar-refractivity contribution in [3.05, 3.63) is 44.3 Å². The monoisotopic (exact) mass is 279 g/mol. The molecule has 0 radical (unpaired) electrons. The summed E-state index contributed by atoms with van der Waals surface area (Å²) in [5, 5.41) is 5.78. The fourth-order valence-corrected chi connectivity index (χ4v) is 3.97. The van der Waals surface area contributed by atoms with Gasteiger partial charge >= 0.3 is 0 Å². The zero-order valence-corrected chi connectivity index (χ0v) is 12.7. The molecular formula is C15H21NS2. The Labute approximate surface area is 118 Å². The van der Waals surface area contributed by atoms with Crippen LogP contribution < -0.4 is 5.32 Å². The number of rotatable bonds is 7. The van der Waals surface area contributed by atoms with Gasteiger partial charge in [-0.15, -0.1) is 22.7 Å². The van der Waals surface area contributed by atoms with E-state index in [1.54, 1.807) is 0 Å². The lowest BCUT2D eigenvalue weighted by atomic mass is 10.1. The largest absolute Gasteiger partial charge is 0.314 e. The van der Waals surface area contributed by atoms with Crippen molar-refractivity contribution >= 4 is 22.7 Å². The molecule has 0 fully saturated rings. The van der Waals surface area contributed by atoms with Gasteiger partial charge in [0.1, 0.15) is 0 Å². The summed E-state index contributed by atoms with van der Waals surface area (Å²) in [7, 11) is 0. The number of hydrogen-bond acceptors (Lipinski definition) is 3. The van der Waals surface area contributed by atoms with E-state index in [9.17, 15) is 0 Å². The Morgan fingerprint density at radius 3 is 2.44 bits per heavy atom. The molecule has 0 saturated heterocycles. The first-order valence-corrected chi connectivity index (χ1v) is 8.34. The van der Waals surface area contributed by atoms with Crippen molar-refractivity contribution in [2.24, 2.45) is 0 Å². The summed E-state index contributed by atoms with van der Waals surface area (Å²) in [6, 6.07) is 9.51. The summed E-state index contributed by atoms with van der Waals surface area (Å²) in [4.78, 5) is 4.49. The van der Waals surface area contributed by atoms with Crippen LogP contribution in [0.4, 0.5) is 0 Å². The normalized spacial score (nSPS) is 12.8.